The van der Waals surface area contributed by atoms with E-state index in [1.165, 1.54) is 31.6 Å². The van der Waals surface area contributed by atoms with Crippen molar-refractivity contribution in [2.45, 2.75) is 6.92 Å². The van der Waals surface area contributed by atoms with Gasteiger partial charge in [0, 0.05) is 17.3 Å². The van der Waals surface area contributed by atoms with E-state index in [2.05, 4.69) is 10.6 Å². The molecule has 0 atom stereocenters. The van der Waals surface area contributed by atoms with Crippen molar-refractivity contribution in [3.63, 3.8) is 0 Å². The lowest BCUT2D eigenvalue weighted by Gasteiger charge is -2.12. The van der Waals surface area contributed by atoms with Crippen LogP contribution in [0.3, 0.4) is 0 Å². The zero-order valence-electron chi connectivity index (χ0n) is 14.7. The third-order valence-electron chi connectivity index (χ3n) is 3.90. The average molecular weight is 368 g/mol. The summed E-state index contributed by atoms with van der Waals surface area (Å²) in [5.74, 6) is -0.931. The Hall–Kier alpha value is -3.61. The summed E-state index contributed by atoms with van der Waals surface area (Å²) in [5, 5.41) is 5.39. The molecule has 7 heteroatoms. The van der Waals surface area contributed by atoms with E-state index in [0.717, 1.165) is 5.56 Å². The number of rotatable bonds is 5. The van der Waals surface area contributed by atoms with E-state index in [1.54, 1.807) is 30.3 Å². The van der Waals surface area contributed by atoms with E-state index < -0.39 is 17.6 Å². The van der Waals surface area contributed by atoms with Gasteiger partial charge in [0.15, 0.2) is 5.76 Å². The van der Waals surface area contributed by atoms with Gasteiger partial charge < -0.3 is 19.8 Å². The summed E-state index contributed by atoms with van der Waals surface area (Å²) >= 11 is 0. The molecule has 0 spiro atoms. The van der Waals surface area contributed by atoms with Gasteiger partial charge in [-0.1, -0.05) is 6.07 Å². The van der Waals surface area contributed by atoms with Crippen LogP contribution >= 0.6 is 0 Å². The quantitative estimate of drug-likeness (QED) is 0.706. The van der Waals surface area contributed by atoms with E-state index in [9.17, 15) is 14.0 Å². The lowest BCUT2D eigenvalue weighted by atomic mass is 10.1. The number of halogens is 1. The monoisotopic (exact) mass is 368 g/mol. The molecule has 0 aliphatic rings. The number of hydrogen-bond donors (Lipinski definition) is 2. The molecule has 2 amide bonds. The summed E-state index contributed by atoms with van der Waals surface area (Å²) in [7, 11) is 1.39. The molecule has 2 aromatic carbocycles. The molecule has 0 bridgehead atoms. The number of methoxy groups -OCH3 is 1. The number of furan rings is 1. The summed E-state index contributed by atoms with van der Waals surface area (Å²) in [6.45, 7) is 1.81. The van der Waals surface area contributed by atoms with Crippen molar-refractivity contribution in [2.24, 2.45) is 0 Å². The minimum absolute atomic E-state index is 0.167. The van der Waals surface area contributed by atoms with E-state index in [1.807, 2.05) is 6.92 Å². The number of hydrogen-bond acceptors (Lipinski definition) is 4. The molecular weight excluding hydrogens is 351 g/mol. The first kappa shape index (κ1) is 18.2. The van der Waals surface area contributed by atoms with Crippen LogP contribution < -0.4 is 15.4 Å². The number of nitrogens with one attached hydrogen (secondary N) is 2. The van der Waals surface area contributed by atoms with Gasteiger partial charge in [0.05, 0.1) is 19.1 Å². The van der Waals surface area contributed by atoms with Gasteiger partial charge in [0.1, 0.15) is 11.6 Å². The SMILES string of the molecule is COc1cc(F)ccc1NC(=O)c1ccc(C)c(NC(=O)c2ccco2)c1. The second-order valence-electron chi connectivity index (χ2n) is 5.76. The van der Waals surface area contributed by atoms with Crippen molar-refractivity contribution < 1.29 is 23.1 Å². The summed E-state index contributed by atoms with van der Waals surface area (Å²) < 4.78 is 23.4. The Morgan fingerprint density at radius 1 is 1.00 bits per heavy atom. The molecule has 1 aromatic heterocycles. The number of aryl methyl sites for hydroxylation is 1. The standard InChI is InChI=1S/C20H17FN2O4/c1-12-5-6-13(10-16(12)23-20(25)17-4-3-9-27-17)19(24)22-15-8-7-14(21)11-18(15)26-2/h3-11H,1-2H3,(H,22,24)(H,23,25). The first-order valence-electron chi connectivity index (χ1n) is 8.08. The van der Waals surface area contributed by atoms with E-state index in [4.69, 9.17) is 9.15 Å². The highest BCUT2D eigenvalue weighted by atomic mass is 19.1. The summed E-state index contributed by atoms with van der Waals surface area (Å²) in [5.41, 5.74) is 1.92. The van der Waals surface area contributed by atoms with Gasteiger partial charge in [-0.05, 0) is 48.9 Å². The lowest BCUT2D eigenvalue weighted by molar-refractivity contribution is 0.0993. The van der Waals surface area contributed by atoms with Crippen LogP contribution in [0, 0.1) is 12.7 Å². The zero-order chi connectivity index (χ0) is 19.4. The van der Waals surface area contributed by atoms with Crippen molar-refractivity contribution in [3.8, 4) is 5.75 Å². The first-order valence-corrected chi connectivity index (χ1v) is 8.08. The molecule has 1 heterocycles. The van der Waals surface area contributed by atoms with Crippen LogP contribution in [0.5, 0.6) is 5.75 Å². The van der Waals surface area contributed by atoms with E-state index in [-0.39, 0.29) is 11.5 Å². The number of carbonyl (C=O) groups is 2. The average Bonchev–Trinajstić information content (AvgIpc) is 3.19. The Morgan fingerprint density at radius 3 is 2.48 bits per heavy atom. The maximum absolute atomic E-state index is 13.3. The van der Waals surface area contributed by atoms with Gasteiger partial charge in [-0.15, -0.1) is 0 Å². The van der Waals surface area contributed by atoms with Crippen molar-refractivity contribution in [2.75, 3.05) is 17.7 Å². The minimum atomic E-state index is -0.469. The van der Waals surface area contributed by atoms with E-state index >= 15 is 0 Å². The zero-order valence-corrected chi connectivity index (χ0v) is 14.7. The number of carbonyl (C=O) groups excluding carboxylic acids is 2. The molecule has 0 aliphatic heterocycles. The Balaban J connectivity index is 1.81. The Bertz CT molecular complexity index is 984. The highest BCUT2D eigenvalue weighted by Gasteiger charge is 2.14. The molecule has 0 saturated heterocycles. The molecule has 0 fully saturated rings. The highest BCUT2D eigenvalue weighted by molar-refractivity contribution is 6.07. The van der Waals surface area contributed by atoms with Crippen LogP contribution in [-0.4, -0.2) is 18.9 Å². The van der Waals surface area contributed by atoms with Crippen LogP contribution in [0.4, 0.5) is 15.8 Å². The minimum Gasteiger partial charge on any atom is -0.494 e. The third-order valence-corrected chi connectivity index (χ3v) is 3.90. The predicted octanol–water partition coefficient (Wildman–Crippen LogP) is 4.24. The third kappa shape index (κ3) is 4.14. The van der Waals surface area contributed by atoms with Crippen LogP contribution in [0.15, 0.2) is 59.2 Å². The number of anilines is 2. The Labute approximate surface area is 155 Å². The molecular formula is C20H17FN2O4. The molecule has 0 saturated carbocycles. The second kappa shape index (κ2) is 7.74. The second-order valence-corrected chi connectivity index (χ2v) is 5.76. The molecule has 3 rings (SSSR count). The van der Waals surface area contributed by atoms with Crippen molar-refractivity contribution >= 4 is 23.2 Å². The highest BCUT2D eigenvalue weighted by Crippen LogP contribution is 2.26. The fraction of sp³-hybridized carbons (Fsp3) is 0.100. The van der Waals surface area contributed by atoms with Crippen molar-refractivity contribution in [1.29, 1.82) is 0 Å². The van der Waals surface area contributed by atoms with Gasteiger partial charge >= 0.3 is 0 Å². The summed E-state index contributed by atoms with van der Waals surface area (Å²) in [6, 6.07) is 11.9. The fourth-order valence-electron chi connectivity index (χ4n) is 2.45. The van der Waals surface area contributed by atoms with Gasteiger partial charge in [-0.3, -0.25) is 9.59 Å². The molecule has 2 N–H and O–H groups in total. The number of benzene rings is 2. The molecule has 0 aliphatic carbocycles. The smallest absolute Gasteiger partial charge is 0.291 e. The predicted molar refractivity (Wildman–Crippen MR) is 98.7 cm³/mol. The molecule has 3 aromatic rings. The van der Waals surface area contributed by atoms with Crippen molar-refractivity contribution in [1.82, 2.24) is 0 Å². The van der Waals surface area contributed by atoms with Gasteiger partial charge in [0.25, 0.3) is 11.8 Å². The van der Waals surface area contributed by atoms with Crippen LogP contribution in [0.1, 0.15) is 26.5 Å². The maximum atomic E-state index is 13.3. The summed E-state index contributed by atoms with van der Waals surface area (Å²) in [4.78, 5) is 24.7. The van der Waals surface area contributed by atoms with Crippen LogP contribution in [-0.2, 0) is 0 Å². The lowest BCUT2D eigenvalue weighted by Crippen LogP contribution is -2.15. The van der Waals surface area contributed by atoms with Gasteiger partial charge in [-0.25, -0.2) is 4.39 Å². The molecule has 6 nitrogen and oxygen atoms in total. The Morgan fingerprint density at radius 2 is 1.78 bits per heavy atom. The molecule has 0 unspecified atom stereocenters. The van der Waals surface area contributed by atoms with Crippen molar-refractivity contribution in [3.05, 3.63) is 77.5 Å². The maximum Gasteiger partial charge on any atom is 0.291 e. The van der Waals surface area contributed by atoms with E-state index in [0.29, 0.717) is 16.9 Å². The number of amides is 2. The molecule has 27 heavy (non-hydrogen) atoms. The fourth-order valence-corrected chi connectivity index (χ4v) is 2.45. The topological polar surface area (TPSA) is 80.6 Å². The van der Waals surface area contributed by atoms with Crippen LogP contribution in [0.25, 0.3) is 0 Å². The normalized spacial score (nSPS) is 10.3. The van der Waals surface area contributed by atoms with Gasteiger partial charge in [0.2, 0.25) is 0 Å². The summed E-state index contributed by atoms with van der Waals surface area (Å²) in [6.07, 6.45) is 1.40. The Kier molecular flexibility index (Phi) is 5.21. The first-order chi connectivity index (χ1) is 13.0. The molecule has 138 valence electrons. The van der Waals surface area contributed by atoms with Gasteiger partial charge in [-0.2, -0.15) is 0 Å². The largest absolute Gasteiger partial charge is 0.494 e. The molecule has 0 radical (unpaired) electrons. The number of ether oxygens (including phenoxy) is 1. The van der Waals surface area contributed by atoms with Crippen LogP contribution in [0.2, 0.25) is 0 Å².